The van der Waals surface area contributed by atoms with Crippen molar-refractivity contribution in [3.63, 3.8) is 0 Å². The van der Waals surface area contributed by atoms with Crippen LogP contribution in [-0.2, 0) is 21.1 Å². The molecular formula is C21H26N4O2S. The van der Waals surface area contributed by atoms with E-state index in [0.29, 0.717) is 5.82 Å². The number of amides is 2. The number of aromatic nitrogens is 2. The number of anilines is 1. The van der Waals surface area contributed by atoms with E-state index in [1.54, 1.807) is 16.4 Å². The number of carbonyl (C=O) groups is 2. The third-order valence-electron chi connectivity index (χ3n) is 5.52. The van der Waals surface area contributed by atoms with Crippen molar-refractivity contribution in [2.24, 2.45) is 0 Å². The molecule has 7 heteroatoms. The maximum Gasteiger partial charge on any atom is 0.314 e. The van der Waals surface area contributed by atoms with Crippen LogP contribution in [0.5, 0.6) is 0 Å². The van der Waals surface area contributed by atoms with Gasteiger partial charge in [-0.15, -0.1) is 0 Å². The highest BCUT2D eigenvalue weighted by molar-refractivity contribution is 7.98. The Bertz CT molecular complexity index is 885. The number of fused-ring (bicyclic) bond motifs is 1. The zero-order valence-corrected chi connectivity index (χ0v) is 17.0. The van der Waals surface area contributed by atoms with Gasteiger partial charge in [-0.3, -0.25) is 9.59 Å². The highest BCUT2D eigenvalue weighted by atomic mass is 32.2. The van der Waals surface area contributed by atoms with E-state index in [1.807, 2.05) is 31.2 Å². The Morgan fingerprint density at radius 3 is 2.57 bits per heavy atom. The van der Waals surface area contributed by atoms with Crippen LogP contribution in [0.25, 0.3) is 5.69 Å². The van der Waals surface area contributed by atoms with E-state index >= 15 is 0 Å². The molecule has 2 amide bonds. The molecule has 6 nitrogen and oxygen atoms in total. The first-order valence-corrected chi connectivity index (χ1v) is 11.2. The lowest BCUT2D eigenvalue weighted by atomic mass is 10.1. The minimum Gasteiger partial charge on any atom is -0.345 e. The summed E-state index contributed by atoms with van der Waals surface area (Å²) < 4.78 is 1.77. The van der Waals surface area contributed by atoms with E-state index < -0.39 is 11.8 Å². The van der Waals surface area contributed by atoms with Crippen LogP contribution < -0.4 is 10.6 Å². The van der Waals surface area contributed by atoms with E-state index in [1.165, 1.54) is 12.8 Å². The molecule has 0 saturated heterocycles. The monoisotopic (exact) mass is 398 g/mol. The summed E-state index contributed by atoms with van der Waals surface area (Å²) in [6, 6.07) is 8.02. The van der Waals surface area contributed by atoms with E-state index in [-0.39, 0.29) is 6.04 Å². The van der Waals surface area contributed by atoms with Gasteiger partial charge in [-0.25, -0.2) is 4.68 Å². The maximum atomic E-state index is 12.7. The van der Waals surface area contributed by atoms with Crippen LogP contribution in [0.15, 0.2) is 24.3 Å². The van der Waals surface area contributed by atoms with Gasteiger partial charge in [-0.1, -0.05) is 43.9 Å². The molecule has 28 heavy (non-hydrogen) atoms. The van der Waals surface area contributed by atoms with Crippen LogP contribution in [0, 0.1) is 6.92 Å². The van der Waals surface area contributed by atoms with Gasteiger partial charge in [0.25, 0.3) is 0 Å². The number of thioether (sulfide) groups is 1. The van der Waals surface area contributed by atoms with Crippen molar-refractivity contribution in [1.82, 2.24) is 15.1 Å². The number of nitrogens with zero attached hydrogens (tertiary/aromatic N) is 2. The molecule has 0 atom stereocenters. The summed E-state index contributed by atoms with van der Waals surface area (Å²) in [5, 5.41) is 10.5. The Morgan fingerprint density at radius 1 is 1.07 bits per heavy atom. The minimum absolute atomic E-state index is 0.100. The lowest BCUT2D eigenvalue weighted by Crippen LogP contribution is -2.42. The smallest absolute Gasteiger partial charge is 0.314 e. The molecule has 1 aromatic carbocycles. The predicted molar refractivity (Wildman–Crippen MR) is 112 cm³/mol. The van der Waals surface area contributed by atoms with Crippen molar-refractivity contribution in [2.45, 2.75) is 63.0 Å². The number of rotatable bonds is 3. The van der Waals surface area contributed by atoms with Crippen LogP contribution >= 0.6 is 11.8 Å². The molecule has 1 aromatic heterocycles. The number of nitrogens with one attached hydrogen (secondary N) is 2. The largest absolute Gasteiger partial charge is 0.345 e. The zero-order valence-electron chi connectivity index (χ0n) is 16.2. The Morgan fingerprint density at radius 2 is 1.82 bits per heavy atom. The minimum atomic E-state index is -0.612. The zero-order chi connectivity index (χ0) is 19.5. The van der Waals surface area contributed by atoms with Crippen molar-refractivity contribution in [3.05, 3.63) is 41.1 Å². The highest BCUT2D eigenvalue weighted by Gasteiger charge is 2.27. The molecule has 2 N–H and O–H groups in total. The molecule has 0 spiro atoms. The average Bonchev–Trinajstić information content (AvgIpc) is 3.17. The number of benzene rings is 1. The van der Waals surface area contributed by atoms with E-state index in [4.69, 9.17) is 5.10 Å². The Kier molecular flexibility index (Phi) is 5.71. The second kappa shape index (κ2) is 8.39. The van der Waals surface area contributed by atoms with E-state index in [2.05, 4.69) is 10.6 Å². The highest BCUT2D eigenvalue weighted by Crippen LogP contribution is 2.36. The number of hydrogen-bond donors (Lipinski definition) is 2. The van der Waals surface area contributed by atoms with Crippen molar-refractivity contribution < 1.29 is 9.59 Å². The van der Waals surface area contributed by atoms with Gasteiger partial charge in [0.15, 0.2) is 0 Å². The fourth-order valence-corrected chi connectivity index (χ4v) is 4.99. The quantitative estimate of drug-likeness (QED) is 0.610. The van der Waals surface area contributed by atoms with Gasteiger partial charge in [-0.2, -0.15) is 16.9 Å². The summed E-state index contributed by atoms with van der Waals surface area (Å²) in [4.78, 5) is 25.2. The topological polar surface area (TPSA) is 76.0 Å². The summed E-state index contributed by atoms with van der Waals surface area (Å²) in [6.45, 7) is 2.02. The SMILES string of the molecule is Cc1ccccc1-n1nc2c(c1NC(=O)C(=O)NC1CCCCCC1)CSC2. The number of para-hydroxylation sites is 1. The molecule has 4 rings (SSSR count). The molecule has 2 aliphatic rings. The van der Waals surface area contributed by atoms with Gasteiger partial charge in [0.2, 0.25) is 0 Å². The molecule has 2 aromatic rings. The van der Waals surface area contributed by atoms with Crippen molar-refractivity contribution in [2.75, 3.05) is 5.32 Å². The van der Waals surface area contributed by atoms with Crippen LogP contribution in [-0.4, -0.2) is 27.6 Å². The number of aryl methyl sites for hydroxylation is 1. The number of carbonyl (C=O) groups excluding carboxylic acids is 2. The lowest BCUT2D eigenvalue weighted by Gasteiger charge is -2.16. The van der Waals surface area contributed by atoms with Gasteiger partial charge in [0, 0.05) is 23.1 Å². The summed E-state index contributed by atoms with van der Waals surface area (Å²) in [6.07, 6.45) is 6.53. The second-order valence-corrected chi connectivity index (χ2v) is 8.57. The van der Waals surface area contributed by atoms with Crippen molar-refractivity contribution >= 4 is 29.4 Å². The molecule has 1 saturated carbocycles. The molecule has 148 valence electrons. The first-order valence-electron chi connectivity index (χ1n) is 10.00. The van der Waals surface area contributed by atoms with Gasteiger partial charge >= 0.3 is 11.8 Å². The van der Waals surface area contributed by atoms with Crippen LogP contribution in [0.2, 0.25) is 0 Å². The molecule has 2 heterocycles. The normalized spacial score (nSPS) is 17.0. The first kappa shape index (κ1) is 19.1. The van der Waals surface area contributed by atoms with Crippen LogP contribution in [0.1, 0.15) is 55.3 Å². The molecule has 0 bridgehead atoms. The fraction of sp³-hybridized carbons (Fsp3) is 0.476. The van der Waals surface area contributed by atoms with Gasteiger partial charge in [-0.05, 0) is 31.4 Å². The van der Waals surface area contributed by atoms with Crippen LogP contribution in [0.3, 0.4) is 0 Å². The first-order chi connectivity index (χ1) is 13.6. The lowest BCUT2D eigenvalue weighted by molar-refractivity contribution is -0.136. The molecule has 0 radical (unpaired) electrons. The molecule has 0 unspecified atom stereocenters. The second-order valence-electron chi connectivity index (χ2n) is 7.58. The summed E-state index contributed by atoms with van der Waals surface area (Å²) in [5.41, 5.74) is 3.98. The van der Waals surface area contributed by atoms with E-state index in [9.17, 15) is 9.59 Å². The number of hydrogen-bond acceptors (Lipinski definition) is 4. The summed E-state index contributed by atoms with van der Waals surface area (Å²) in [5.74, 6) is 1.07. The Balaban J connectivity index is 1.55. The predicted octanol–water partition coefficient (Wildman–Crippen LogP) is 3.71. The molecule has 1 aliphatic carbocycles. The maximum absolute atomic E-state index is 12.7. The standard InChI is InChI=1S/C21H26N4O2S/c1-14-8-6-7-11-18(14)25-19(16-12-28-13-17(16)24-25)23-21(27)20(26)22-15-9-4-2-3-5-10-15/h6-8,11,15H,2-5,9-10,12-13H2,1H3,(H,22,26)(H,23,27). The molecular weight excluding hydrogens is 372 g/mol. The third-order valence-corrected chi connectivity index (χ3v) is 6.49. The summed E-state index contributed by atoms with van der Waals surface area (Å²) in [7, 11) is 0. The van der Waals surface area contributed by atoms with Crippen LogP contribution in [0.4, 0.5) is 5.82 Å². The molecule has 1 aliphatic heterocycles. The van der Waals surface area contributed by atoms with Gasteiger partial charge in [0.1, 0.15) is 5.82 Å². The van der Waals surface area contributed by atoms with Crippen molar-refractivity contribution in [1.29, 1.82) is 0 Å². The fourth-order valence-electron chi connectivity index (χ4n) is 3.96. The molecule has 1 fully saturated rings. The Labute approximate surface area is 169 Å². The van der Waals surface area contributed by atoms with Gasteiger partial charge < -0.3 is 10.6 Å². The summed E-state index contributed by atoms with van der Waals surface area (Å²) >= 11 is 1.77. The van der Waals surface area contributed by atoms with Gasteiger partial charge in [0.05, 0.1) is 11.4 Å². The average molecular weight is 399 g/mol. The van der Waals surface area contributed by atoms with Crippen molar-refractivity contribution in [3.8, 4) is 5.69 Å². The third kappa shape index (κ3) is 3.94. The van der Waals surface area contributed by atoms with E-state index in [0.717, 1.165) is 59.7 Å². The Hall–Kier alpha value is -2.28.